The fraction of sp³-hybridized carbons (Fsp3) is 0.182. The topological polar surface area (TPSA) is 30.5 Å². The molecule has 0 unspecified atom stereocenters. The maximum absolute atomic E-state index is 6.49. The molecule has 0 aliphatic heterocycles. The van der Waals surface area contributed by atoms with Crippen LogP contribution in [-0.2, 0) is 13.2 Å². The van der Waals surface area contributed by atoms with E-state index < -0.39 is 0 Å². The van der Waals surface area contributed by atoms with Crippen LogP contribution in [0.4, 0.5) is 5.69 Å². The van der Waals surface area contributed by atoms with Crippen molar-refractivity contribution in [3.8, 4) is 11.5 Å². The van der Waals surface area contributed by atoms with Crippen molar-refractivity contribution in [2.24, 2.45) is 0 Å². The molecule has 0 heterocycles. The highest BCUT2D eigenvalue weighted by Crippen LogP contribution is 2.35. The molecule has 0 aliphatic carbocycles. The van der Waals surface area contributed by atoms with Crippen molar-refractivity contribution >= 4 is 52.1 Å². The number of hydrogen-bond acceptors (Lipinski definition) is 3. The molecule has 0 saturated heterocycles. The van der Waals surface area contributed by atoms with Crippen LogP contribution in [0.3, 0.4) is 0 Å². The molecule has 0 spiro atoms. The third kappa shape index (κ3) is 6.10. The predicted octanol–water partition coefficient (Wildman–Crippen LogP) is 7.89. The summed E-state index contributed by atoms with van der Waals surface area (Å²) in [6, 6.07) is 16.4. The lowest BCUT2D eigenvalue weighted by Crippen LogP contribution is -2.04. The summed E-state index contributed by atoms with van der Waals surface area (Å²) in [4.78, 5) is 0. The van der Waals surface area contributed by atoms with Crippen LogP contribution in [0.5, 0.6) is 11.5 Å². The van der Waals surface area contributed by atoms with Crippen LogP contribution in [0.15, 0.2) is 54.6 Å². The van der Waals surface area contributed by atoms with Gasteiger partial charge in [-0.2, -0.15) is 0 Å². The molecule has 7 heteroatoms. The molecule has 0 saturated carbocycles. The molecule has 0 atom stereocenters. The summed E-state index contributed by atoms with van der Waals surface area (Å²) < 4.78 is 11.7. The molecule has 3 aromatic carbocycles. The maximum atomic E-state index is 6.49. The molecular formula is C22H19Cl4NO2. The van der Waals surface area contributed by atoms with Gasteiger partial charge in [0.15, 0.2) is 11.5 Å². The van der Waals surface area contributed by atoms with Crippen LogP contribution in [0.25, 0.3) is 0 Å². The number of rotatable bonds is 8. The van der Waals surface area contributed by atoms with Crippen LogP contribution in [0.1, 0.15) is 18.1 Å². The molecule has 0 fully saturated rings. The Morgan fingerprint density at radius 3 is 2.14 bits per heavy atom. The first-order chi connectivity index (χ1) is 14.0. The molecule has 1 N–H and O–H groups in total. The van der Waals surface area contributed by atoms with E-state index in [1.54, 1.807) is 18.2 Å². The first-order valence-electron chi connectivity index (χ1n) is 8.97. The van der Waals surface area contributed by atoms with Crippen LogP contribution < -0.4 is 14.8 Å². The minimum atomic E-state index is 0.381. The molecule has 3 aromatic rings. The maximum Gasteiger partial charge on any atom is 0.163 e. The monoisotopic (exact) mass is 469 g/mol. The highest BCUT2D eigenvalue weighted by atomic mass is 35.5. The second-order valence-electron chi connectivity index (χ2n) is 6.22. The Morgan fingerprint density at radius 2 is 1.45 bits per heavy atom. The summed E-state index contributed by atoms with van der Waals surface area (Å²) in [5.74, 6) is 1.21. The van der Waals surface area contributed by atoms with Gasteiger partial charge in [-0.15, -0.1) is 0 Å². The third-order valence-electron chi connectivity index (χ3n) is 4.12. The summed E-state index contributed by atoms with van der Waals surface area (Å²) in [7, 11) is 0. The zero-order chi connectivity index (χ0) is 20.8. The van der Waals surface area contributed by atoms with Crippen molar-refractivity contribution in [1.29, 1.82) is 0 Å². The molecule has 3 rings (SSSR count). The number of ether oxygens (including phenoxy) is 2. The second kappa shape index (κ2) is 10.3. The molecule has 29 heavy (non-hydrogen) atoms. The zero-order valence-corrected chi connectivity index (χ0v) is 18.7. The van der Waals surface area contributed by atoms with E-state index in [9.17, 15) is 0 Å². The van der Waals surface area contributed by atoms with E-state index in [1.807, 2.05) is 43.3 Å². The minimum Gasteiger partial charge on any atom is -0.490 e. The van der Waals surface area contributed by atoms with Crippen molar-refractivity contribution in [2.45, 2.75) is 20.1 Å². The number of benzene rings is 3. The van der Waals surface area contributed by atoms with E-state index in [4.69, 9.17) is 55.9 Å². The summed E-state index contributed by atoms with van der Waals surface area (Å²) in [5.41, 5.74) is 2.63. The molecule has 0 amide bonds. The van der Waals surface area contributed by atoms with E-state index >= 15 is 0 Å². The standard InChI is InChI=1S/C22H19Cl4NO2/c1-2-28-21-9-15(12-27-20-8-7-17(24)10-19(20)26)18(25)11-22(21)29-13-14-3-5-16(23)6-4-14/h3-11,27H,2,12-13H2,1H3. The summed E-state index contributed by atoms with van der Waals surface area (Å²) in [6.45, 7) is 3.28. The molecule has 0 radical (unpaired) electrons. The Bertz CT molecular complexity index is 977. The van der Waals surface area contributed by atoms with Gasteiger partial charge >= 0.3 is 0 Å². The Balaban J connectivity index is 1.75. The lowest BCUT2D eigenvalue weighted by Gasteiger charge is -2.16. The van der Waals surface area contributed by atoms with Crippen LogP contribution >= 0.6 is 46.4 Å². The summed E-state index contributed by atoms with van der Waals surface area (Å²) in [6.07, 6.45) is 0. The van der Waals surface area contributed by atoms with E-state index in [-0.39, 0.29) is 0 Å². The fourth-order valence-corrected chi connectivity index (χ4v) is 3.48. The normalized spacial score (nSPS) is 10.7. The lowest BCUT2D eigenvalue weighted by molar-refractivity contribution is 0.269. The third-order valence-corrected chi connectivity index (χ3v) is 5.27. The van der Waals surface area contributed by atoms with Gasteiger partial charge in [-0.3, -0.25) is 0 Å². The van der Waals surface area contributed by atoms with Crippen molar-refractivity contribution < 1.29 is 9.47 Å². The van der Waals surface area contributed by atoms with E-state index in [0.717, 1.165) is 16.8 Å². The number of anilines is 1. The van der Waals surface area contributed by atoms with Gasteiger partial charge in [0.25, 0.3) is 0 Å². The average Bonchev–Trinajstić information content (AvgIpc) is 2.69. The first kappa shape index (κ1) is 21.9. The average molecular weight is 471 g/mol. The summed E-state index contributed by atoms with van der Waals surface area (Å²) in [5, 5.41) is 5.64. The van der Waals surface area contributed by atoms with Crippen LogP contribution in [0, 0.1) is 0 Å². The van der Waals surface area contributed by atoms with Crippen molar-refractivity contribution in [1.82, 2.24) is 0 Å². The van der Waals surface area contributed by atoms with Crippen molar-refractivity contribution in [3.63, 3.8) is 0 Å². The van der Waals surface area contributed by atoms with Gasteiger partial charge in [-0.25, -0.2) is 0 Å². The highest BCUT2D eigenvalue weighted by Gasteiger charge is 2.12. The lowest BCUT2D eigenvalue weighted by atomic mass is 10.2. The van der Waals surface area contributed by atoms with Crippen LogP contribution in [-0.4, -0.2) is 6.61 Å². The van der Waals surface area contributed by atoms with Gasteiger partial charge in [0.05, 0.1) is 17.3 Å². The minimum absolute atomic E-state index is 0.381. The highest BCUT2D eigenvalue weighted by molar-refractivity contribution is 6.36. The number of hydrogen-bond donors (Lipinski definition) is 1. The molecule has 3 nitrogen and oxygen atoms in total. The molecule has 152 valence electrons. The molecular weight excluding hydrogens is 452 g/mol. The predicted molar refractivity (Wildman–Crippen MR) is 122 cm³/mol. The van der Waals surface area contributed by atoms with Gasteiger partial charge in [-0.05, 0) is 54.4 Å². The SMILES string of the molecule is CCOc1cc(CNc2ccc(Cl)cc2Cl)c(Cl)cc1OCc1ccc(Cl)cc1. The Kier molecular flexibility index (Phi) is 7.79. The largest absolute Gasteiger partial charge is 0.490 e. The smallest absolute Gasteiger partial charge is 0.163 e. The fourth-order valence-electron chi connectivity index (χ4n) is 2.66. The van der Waals surface area contributed by atoms with E-state index in [2.05, 4.69) is 5.32 Å². The zero-order valence-electron chi connectivity index (χ0n) is 15.6. The number of nitrogens with one attached hydrogen (secondary N) is 1. The van der Waals surface area contributed by atoms with Gasteiger partial charge in [0.1, 0.15) is 6.61 Å². The van der Waals surface area contributed by atoms with Crippen molar-refractivity contribution in [3.05, 3.63) is 85.8 Å². The summed E-state index contributed by atoms with van der Waals surface area (Å²) >= 11 is 24.6. The van der Waals surface area contributed by atoms with Gasteiger partial charge in [0, 0.05) is 27.7 Å². The van der Waals surface area contributed by atoms with Gasteiger partial charge < -0.3 is 14.8 Å². The van der Waals surface area contributed by atoms with Crippen molar-refractivity contribution in [2.75, 3.05) is 11.9 Å². The Hall–Kier alpha value is -1.78. The second-order valence-corrected chi connectivity index (χ2v) is 7.90. The Labute approximate surface area is 190 Å². The number of halogens is 4. The molecule has 0 aliphatic rings. The van der Waals surface area contributed by atoms with E-state index in [0.29, 0.717) is 51.3 Å². The van der Waals surface area contributed by atoms with E-state index in [1.165, 1.54) is 0 Å². The molecule has 0 aromatic heterocycles. The van der Waals surface area contributed by atoms with Gasteiger partial charge in [0.2, 0.25) is 0 Å². The van der Waals surface area contributed by atoms with Crippen LogP contribution in [0.2, 0.25) is 20.1 Å². The quantitative estimate of drug-likeness (QED) is 0.363. The Morgan fingerprint density at radius 1 is 0.759 bits per heavy atom. The van der Waals surface area contributed by atoms with Gasteiger partial charge in [-0.1, -0.05) is 58.5 Å². The first-order valence-corrected chi connectivity index (χ1v) is 10.5. The molecule has 0 bridgehead atoms.